The van der Waals surface area contributed by atoms with Crippen LogP contribution in [-0.2, 0) is 0 Å². The molecule has 0 fully saturated rings. The number of hydrogen-bond donors (Lipinski definition) is 0. The van der Waals surface area contributed by atoms with Crippen LogP contribution in [0.15, 0.2) is 60.5 Å². The molecular weight excluding hydrogens is 268 g/mol. The predicted octanol–water partition coefficient (Wildman–Crippen LogP) is 3.54. The zero-order valence-electron chi connectivity index (χ0n) is 10.5. The van der Waals surface area contributed by atoms with Gasteiger partial charge in [-0.15, -0.1) is 11.3 Å². The standard InChI is InChI=1S/C15H10N4S/c1-3-11(9-12(4-1)19-7-2-6-18-19)14-13-5-8-20-15(13)17-10-16-14/h1-10H. The predicted molar refractivity (Wildman–Crippen MR) is 80.0 cm³/mol. The van der Waals surface area contributed by atoms with Crippen molar-refractivity contribution >= 4 is 21.6 Å². The van der Waals surface area contributed by atoms with Crippen molar-refractivity contribution in [3.05, 3.63) is 60.5 Å². The van der Waals surface area contributed by atoms with Crippen LogP contribution in [0.4, 0.5) is 0 Å². The Labute approximate surface area is 119 Å². The quantitative estimate of drug-likeness (QED) is 0.563. The average molecular weight is 278 g/mol. The maximum atomic E-state index is 4.44. The Morgan fingerprint density at radius 1 is 1.05 bits per heavy atom. The van der Waals surface area contributed by atoms with Crippen LogP contribution < -0.4 is 0 Å². The highest BCUT2D eigenvalue weighted by Crippen LogP contribution is 2.29. The second kappa shape index (κ2) is 4.54. The molecule has 0 aliphatic heterocycles. The first-order valence-electron chi connectivity index (χ1n) is 6.20. The van der Waals surface area contributed by atoms with Gasteiger partial charge in [0.25, 0.3) is 0 Å². The van der Waals surface area contributed by atoms with E-state index in [0.29, 0.717) is 0 Å². The lowest BCUT2D eigenvalue weighted by Gasteiger charge is -2.06. The van der Waals surface area contributed by atoms with E-state index in [0.717, 1.165) is 27.2 Å². The van der Waals surface area contributed by atoms with Crippen molar-refractivity contribution in [2.75, 3.05) is 0 Å². The molecule has 0 amide bonds. The molecule has 0 aliphatic carbocycles. The van der Waals surface area contributed by atoms with Crippen LogP contribution in [-0.4, -0.2) is 19.7 Å². The average Bonchev–Trinajstić information content (AvgIpc) is 3.18. The van der Waals surface area contributed by atoms with Gasteiger partial charge in [0.05, 0.1) is 11.4 Å². The molecule has 0 bridgehead atoms. The van der Waals surface area contributed by atoms with Gasteiger partial charge in [-0.2, -0.15) is 5.10 Å². The fourth-order valence-electron chi connectivity index (χ4n) is 2.24. The Bertz CT molecular complexity index is 864. The van der Waals surface area contributed by atoms with Crippen molar-refractivity contribution in [1.82, 2.24) is 19.7 Å². The normalized spacial score (nSPS) is 11.0. The Kier molecular flexibility index (Phi) is 2.57. The van der Waals surface area contributed by atoms with E-state index in [-0.39, 0.29) is 0 Å². The zero-order chi connectivity index (χ0) is 13.4. The van der Waals surface area contributed by atoms with Gasteiger partial charge in [0.15, 0.2) is 0 Å². The molecule has 0 saturated heterocycles. The van der Waals surface area contributed by atoms with Crippen LogP contribution in [0.5, 0.6) is 0 Å². The SMILES string of the molecule is c1cc(-c2ncnc3sccc23)cc(-n2cccn2)c1. The third-order valence-corrected chi connectivity index (χ3v) is 3.97. The van der Waals surface area contributed by atoms with Crippen LogP contribution >= 0.6 is 11.3 Å². The molecule has 0 spiro atoms. The smallest absolute Gasteiger partial charge is 0.127 e. The van der Waals surface area contributed by atoms with E-state index in [1.165, 1.54) is 0 Å². The summed E-state index contributed by atoms with van der Waals surface area (Å²) < 4.78 is 1.84. The molecule has 5 heteroatoms. The van der Waals surface area contributed by atoms with Gasteiger partial charge >= 0.3 is 0 Å². The molecule has 4 aromatic rings. The molecule has 0 aliphatic rings. The van der Waals surface area contributed by atoms with Crippen LogP contribution in [0.1, 0.15) is 0 Å². The minimum atomic E-state index is 0.963. The van der Waals surface area contributed by atoms with Gasteiger partial charge < -0.3 is 0 Å². The summed E-state index contributed by atoms with van der Waals surface area (Å²) in [5.74, 6) is 0. The molecule has 4 nitrogen and oxygen atoms in total. The van der Waals surface area contributed by atoms with E-state index in [1.807, 2.05) is 34.5 Å². The van der Waals surface area contributed by atoms with Crippen molar-refractivity contribution < 1.29 is 0 Å². The number of nitrogens with zero attached hydrogens (tertiary/aromatic N) is 4. The molecule has 0 atom stereocenters. The van der Waals surface area contributed by atoms with Crippen molar-refractivity contribution in [3.63, 3.8) is 0 Å². The Balaban J connectivity index is 1.91. The maximum absolute atomic E-state index is 4.44. The van der Waals surface area contributed by atoms with Crippen LogP contribution in [0, 0.1) is 0 Å². The number of fused-ring (bicyclic) bond motifs is 1. The van der Waals surface area contributed by atoms with Gasteiger partial charge in [-0.1, -0.05) is 12.1 Å². The van der Waals surface area contributed by atoms with Gasteiger partial charge in [-0.3, -0.25) is 0 Å². The zero-order valence-corrected chi connectivity index (χ0v) is 11.3. The largest absolute Gasteiger partial charge is 0.241 e. The first-order chi connectivity index (χ1) is 9.92. The Morgan fingerprint density at radius 2 is 2.05 bits per heavy atom. The summed E-state index contributed by atoms with van der Waals surface area (Å²) in [6, 6.07) is 12.2. The first-order valence-corrected chi connectivity index (χ1v) is 7.08. The monoisotopic (exact) mass is 278 g/mol. The van der Waals surface area contributed by atoms with E-state index >= 15 is 0 Å². The van der Waals surface area contributed by atoms with Gasteiger partial charge in [-0.05, 0) is 29.6 Å². The summed E-state index contributed by atoms with van der Waals surface area (Å²) in [7, 11) is 0. The van der Waals surface area contributed by atoms with Gasteiger partial charge in [0, 0.05) is 23.3 Å². The fourth-order valence-corrected chi connectivity index (χ4v) is 2.97. The van der Waals surface area contributed by atoms with Gasteiger partial charge in [0.2, 0.25) is 0 Å². The Morgan fingerprint density at radius 3 is 2.95 bits per heavy atom. The molecule has 4 rings (SSSR count). The summed E-state index contributed by atoms with van der Waals surface area (Å²) in [6.45, 7) is 0. The lowest BCUT2D eigenvalue weighted by atomic mass is 10.1. The number of thiophene rings is 1. The second-order valence-electron chi connectivity index (χ2n) is 4.36. The minimum Gasteiger partial charge on any atom is -0.241 e. The molecule has 96 valence electrons. The second-order valence-corrected chi connectivity index (χ2v) is 5.26. The topological polar surface area (TPSA) is 43.6 Å². The molecule has 0 N–H and O–H groups in total. The molecule has 0 saturated carbocycles. The summed E-state index contributed by atoms with van der Waals surface area (Å²) in [5, 5.41) is 7.39. The number of aromatic nitrogens is 4. The molecule has 20 heavy (non-hydrogen) atoms. The van der Waals surface area contributed by atoms with E-state index in [9.17, 15) is 0 Å². The first kappa shape index (κ1) is 11.3. The number of benzene rings is 1. The van der Waals surface area contributed by atoms with Crippen molar-refractivity contribution in [2.24, 2.45) is 0 Å². The number of hydrogen-bond acceptors (Lipinski definition) is 4. The van der Waals surface area contributed by atoms with Crippen molar-refractivity contribution in [3.8, 4) is 16.9 Å². The summed E-state index contributed by atoms with van der Waals surface area (Å²) in [4.78, 5) is 9.74. The molecule has 1 aromatic carbocycles. The third-order valence-electron chi connectivity index (χ3n) is 3.15. The minimum absolute atomic E-state index is 0.963. The highest BCUT2D eigenvalue weighted by Gasteiger charge is 2.08. The highest BCUT2D eigenvalue weighted by atomic mass is 32.1. The molecule has 0 unspecified atom stereocenters. The van der Waals surface area contributed by atoms with E-state index in [1.54, 1.807) is 23.9 Å². The van der Waals surface area contributed by atoms with Gasteiger partial charge in [-0.25, -0.2) is 14.6 Å². The fraction of sp³-hybridized carbons (Fsp3) is 0. The summed E-state index contributed by atoms with van der Waals surface area (Å²) in [5.41, 5.74) is 3.06. The van der Waals surface area contributed by atoms with Crippen LogP contribution in [0.3, 0.4) is 0 Å². The Hall–Kier alpha value is -2.53. The van der Waals surface area contributed by atoms with Crippen LogP contribution in [0.25, 0.3) is 27.2 Å². The van der Waals surface area contributed by atoms with E-state index in [4.69, 9.17) is 0 Å². The highest BCUT2D eigenvalue weighted by molar-refractivity contribution is 7.16. The summed E-state index contributed by atoms with van der Waals surface area (Å²) >= 11 is 1.63. The lowest BCUT2D eigenvalue weighted by Crippen LogP contribution is -1.94. The molecule has 3 heterocycles. The van der Waals surface area contributed by atoms with E-state index < -0.39 is 0 Å². The lowest BCUT2D eigenvalue weighted by molar-refractivity contribution is 0.881. The van der Waals surface area contributed by atoms with Crippen molar-refractivity contribution in [2.45, 2.75) is 0 Å². The van der Waals surface area contributed by atoms with Crippen LogP contribution in [0.2, 0.25) is 0 Å². The van der Waals surface area contributed by atoms with Gasteiger partial charge in [0.1, 0.15) is 11.2 Å². The molecule has 3 aromatic heterocycles. The molecular formula is C15H10N4S. The third kappa shape index (κ3) is 1.80. The maximum Gasteiger partial charge on any atom is 0.127 e. The summed E-state index contributed by atoms with van der Waals surface area (Å²) in [6.07, 6.45) is 5.32. The molecule has 0 radical (unpaired) electrons. The number of rotatable bonds is 2. The van der Waals surface area contributed by atoms with Crippen molar-refractivity contribution in [1.29, 1.82) is 0 Å². The van der Waals surface area contributed by atoms with E-state index in [2.05, 4.69) is 33.3 Å².